The molecule has 0 aliphatic heterocycles. The van der Waals surface area contributed by atoms with Gasteiger partial charge >= 0.3 is 5.91 Å². The summed E-state index contributed by atoms with van der Waals surface area (Å²) in [5, 5.41) is 8.55. The van der Waals surface area contributed by atoms with Gasteiger partial charge in [0, 0.05) is 0 Å². The normalized spacial score (nSPS) is 10.5. The molecule has 0 radical (unpaired) electrons. The van der Waals surface area contributed by atoms with Crippen LogP contribution in [0.1, 0.15) is 0 Å². The van der Waals surface area contributed by atoms with Gasteiger partial charge in [-0.25, -0.2) is 4.79 Å². The van der Waals surface area contributed by atoms with Crippen LogP contribution < -0.4 is 24.0 Å². The summed E-state index contributed by atoms with van der Waals surface area (Å²) in [7, 11) is 3.52. The Morgan fingerprint density at radius 3 is 2.27 bits per heavy atom. The minimum absolute atomic E-state index is 0. The lowest BCUT2D eigenvalue weighted by Gasteiger charge is -2.24. The Kier molecular flexibility index (Phi) is 8.03. The van der Waals surface area contributed by atoms with Crippen molar-refractivity contribution >= 4 is 18.5 Å². The highest BCUT2D eigenvalue weighted by Crippen LogP contribution is 1.98. The lowest BCUT2D eigenvalue weighted by atomic mass is 10.4. The maximum atomic E-state index is 11.0. The first-order valence-electron chi connectivity index (χ1n) is 3.12. The molecular weight excluding hydrogens is 277 g/mol. The zero-order chi connectivity index (χ0) is 8.20. The second kappa shape index (κ2) is 6.22. The number of quaternary nitrogens is 1. The standard InChI is InChI=1S/C6H13NO2S.HI/c1-7(2,3-4-8)6(9)5-10;/h8H,3-5H2,1-2H3;1H. The second-order valence-corrected chi connectivity index (χ2v) is 3.00. The van der Waals surface area contributed by atoms with Crippen molar-refractivity contribution in [3.63, 3.8) is 0 Å². The van der Waals surface area contributed by atoms with E-state index in [0.717, 1.165) is 0 Å². The van der Waals surface area contributed by atoms with Gasteiger partial charge in [-0.15, -0.1) is 0 Å². The molecular formula is C6H14INO2S. The van der Waals surface area contributed by atoms with Crippen molar-refractivity contribution in [3.05, 3.63) is 0 Å². The summed E-state index contributed by atoms with van der Waals surface area (Å²) in [6, 6.07) is 0. The van der Waals surface area contributed by atoms with Crippen molar-refractivity contribution < 1.29 is 38.4 Å². The lowest BCUT2D eigenvalue weighted by molar-refractivity contribution is -0.813. The van der Waals surface area contributed by atoms with Crippen molar-refractivity contribution in [2.24, 2.45) is 0 Å². The van der Waals surface area contributed by atoms with Gasteiger partial charge in [-0.05, 0) is 0 Å². The van der Waals surface area contributed by atoms with E-state index in [1.165, 1.54) is 0 Å². The zero-order valence-corrected chi connectivity index (χ0v) is 9.80. The molecule has 1 amide bonds. The van der Waals surface area contributed by atoms with Gasteiger partial charge in [-0.1, -0.05) is 0 Å². The largest absolute Gasteiger partial charge is 1.00 e. The average molecular weight is 291 g/mol. The predicted molar refractivity (Wildman–Crippen MR) is 42.9 cm³/mol. The Morgan fingerprint density at radius 1 is 1.55 bits per heavy atom. The van der Waals surface area contributed by atoms with E-state index in [2.05, 4.69) is 12.6 Å². The SMILES string of the molecule is C[N+](C)(CCO)C(=O)CS.[I-]. The van der Waals surface area contributed by atoms with Gasteiger partial charge in [0.15, 0.2) is 0 Å². The number of rotatable bonds is 3. The fourth-order valence-electron chi connectivity index (χ4n) is 0.566. The van der Waals surface area contributed by atoms with Crippen LogP contribution >= 0.6 is 12.6 Å². The number of hydrogen-bond donors (Lipinski definition) is 2. The fourth-order valence-corrected chi connectivity index (χ4v) is 0.949. The average Bonchev–Trinajstić information content (AvgIpc) is 1.86. The summed E-state index contributed by atoms with van der Waals surface area (Å²) in [6.45, 7) is 0.492. The quantitative estimate of drug-likeness (QED) is 0.322. The van der Waals surface area contributed by atoms with Gasteiger partial charge < -0.3 is 29.1 Å². The van der Waals surface area contributed by atoms with Crippen LogP contribution in [0.2, 0.25) is 0 Å². The van der Waals surface area contributed by atoms with E-state index < -0.39 is 0 Å². The molecule has 0 aromatic carbocycles. The molecule has 5 heteroatoms. The molecule has 0 unspecified atom stereocenters. The first kappa shape index (κ1) is 14.2. The molecule has 11 heavy (non-hydrogen) atoms. The Hall–Kier alpha value is 0.670. The van der Waals surface area contributed by atoms with Gasteiger partial charge in [0.25, 0.3) is 0 Å². The van der Waals surface area contributed by atoms with E-state index in [1.54, 1.807) is 14.1 Å². The third-order valence-electron chi connectivity index (χ3n) is 1.47. The number of likely N-dealkylation sites (N-methyl/N-ethyl adjacent to an activating group) is 1. The zero-order valence-electron chi connectivity index (χ0n) is 6.75. The van der Waals surface area contributed by atoms with Crippen molar-refractivity contribution in [1.82, 2.24) is 0 Å². The molecule has 0 atom stereocenters. The molecule has 1 N–H and O–H groups in total. The number of aliphatic hydroxyl groups excluding tert-OH is 1. The number of carbonyl (C=O) groups is 1. The molecule has 0 fully saturated rings. The highest BCUT2D eigenvalue weighted by Gasteiger charge is 2.23. The highest BCUT2D eigenvalue weighted by molar-refractivity contribution is 7.81. The summed E-state index contributed by atoms with van der Waals surface area (Å²) < 4.78 is 0.208. The van der Waals surface area contributed by atoms with E-state index in [4.69, 9.17) is 5.11 Å². The van der Waals surface area contributed by atoms with Gasteiger partial charge in [0.2, 0.25) is 0 Å². The second-order valence-electron chi connectivity index (χ2n) is 2.68. The van der Waals surface area contributed by atoms with Crippen LogP contribution in [0, 0.1) is 0 Å². The first-order valence-corrected chi connectivity index (χ1v) is 3.76. The summed E-state index contributed by atoms with van der Waals surface area (Å²) >= 11 is 3.85. The van der Waals surface area contributed by atoms with Crippen LogP contribution in [0.5, 0.6) is 0 Å². The first-order chi connectivity index (χ1) is 4.54. The number of thiol groups is 1. The Balaban J connectivity index is 0. The molecule has 0 saturated heterocycles. The van der Waals surface area contributed by atoms with Crippen LogP contribution in [-0.4, -0.2) is 48.5 Å². The van der Waals surface area contributed by atoms with Gasteiger partial charge in [-0.2, -0.15) is 12.6 Å². The van der Waals surface area contributed by atoms with Crippen molar-refractivity contribution in [2.45, 2.75) is 0 Å². The maximum Gasteiger partial charge on any atom is 0.323 e. The molecule has 0 spiro atoms. The summed E-state index contributed by atoms with van der Waals surface area (Å²) in [6.07, 6.45) is 0. The Labute approximate surface area is 89.8 Å². The molecule has 0 rings (SSSR count). The molecule has 0 aromatic rings. The van der Waals surface area contributed by atoms with Crippen molar-refractivity contribution in [2.75, 3.05) is 33.0 Å². The summed E-state index contributed by atoms with van der Waals surface area (Å²) in [4.78, 5) is 11.0. The summed E-state index contributed by atoms with van der Waals surface area (Å²) in [5.74, 6) is 0.255. The number of carbonyl (C=O) groups excluding carboxylic acids is 1. The van der Waals surface area contributed by atoms with E-state index in [1.807, 2.05) is 0 Å². The molecule has 0 bridgehead atoms. The number of hydrogen-bond acceptors (Lipinski definition) is 3. The van der Waals surface area contributed by atoms with Crippen LogP contribution in [0.25, 0.3) is 0 Å². The van der Waals surface area contributed by atoms with Crippen LogP contribution in [0.3, 0.4) is 0 Å². The summed E-state index contributed by atoms with van der Waals surface area (Å²) in [5.41, 5.74) is 0. The van der Waals surface area contributed by atoms with Gasteiger partial charge in [0.1, 0.15) is 12.3 Å². The van der Waals surface area contributed by atoms with Crippen molar-refractivity contribution in [1.29, 1.82) is 0 Å². The Bertz CT molecular complexity index is 130. The van der Waals surface area contributed by atoms with Crippen LogP contribution in [0.15, 0.2) is 0 Å². The van der Waals surface area contributed by atoms with E-state index in [-0.39, 0.29) is 46.7 Å². The van der Waals surface area contributed by atoms with Gasteiger partial charge in [-0.3, -0.25) is 4.48 Å². The predicted octanol–water partition coefficient (Wildman–Crippen LogP) is -3.48. The monoisotopic (exact) mass is 291 g/mol. The molecule has 68 valence electrons. The molecule has 0 aromatic heterocycles. The lowest BCUT2D eigenvalue weighted by Crippen LogP contribution is -3.00. The van der Waals surface area contributed by atoms with Gasteiger partial charge in [0.05, 0.1) is 20.7 Å². The number of halogens is 1. The van der Waals surface area contributed by atoms with Crippen LogP contribution in [0.4, 0.5) is 0 Å². The third-order valence-corrected chi connectivity index (χ3v) is 1.74. The number of nitrogens with zero attached hydrogens (tertiary/aromatic N) is 1. The minimum atomic E-state index is 0. The molecule has 0 aliphatic rings. The van der Waals surface area contributed by atoms with Crippen LogP contribution in [-0.2, 0) is 4.79 Å². The van der Waals surface area contributed by atoms with Crippen molar-refractivity contribution in [3.8, 4) is 0 Å². The maximum absolute atomic E-state index is 11.0. The number of amides is 1. The topological polar surface area (TPSA) is 37.3 Å². The highest BCUT2D eigenvalue weighted by atomic mass is 127. The number of aliphatic hydroxyl groups is 1. The minimum Gasteiger partial charge on any atom is -1.00 e. The van der Waals surface area contributed by atoms with E-state index >= 15 is 0 Å². The third kappa shape index (κ3) is 5.00. The van der Waals surface area contributed by atoms with E-state index in [9.17, 15) is 4.79 Å². The molecule has 0 heterocycles. The van der Waals surface area contributed by atoms with E-state index in [0.29, 0.717) is 6.54 Å². The fraction of sp³-hybridized carbons (Fsp3) is 0.833. The Morgan fingerprint density at radius 2 is 2.00 bits per heavy atom. The molecule has 0 saturated carbocycles. The molecule has 0 aliphatic carbocycles. The molecule has 3 nitrogen and oxygen atoms in total. The smallest absolute Gasteiger partial charge is 0.323 e.